The van der Waals surface area contributed by atoms with Gasteiger partial charge in [-0.2, -0.15) is 35.1 Å². The first kappa shape index (κ1) is 14.7. The average Bonchev–Trinajstić information content (AvgIpc) is 2.45. The lowest BCUT2D eigenvalue weighted by molar-refractivity contribution is -0.719. The zero-order valence-electron chi connectivity index (χ0n) is 8.56. The molecule has 0 amide bonds. The van der Waals surface area contributed by atoms with Gasteiger partial charge in [-0.3, -0.25) is 0 Å². The SMILES string of the molecule is FC(F)(F)Cn1cc[n+](CC(F)(F)C(F)(F)F)c1. The summed E-state index contributed by atoms with van der Waals surface area (Å²) in [6.45, 7) is -3.22. The van der Waals surface area contributed by atoms with Crippen molar-refractivity contribution in [3.63, 3.8) is 0 Å². The van der Waals surface area contributed by atoms with E-state index in [0.29, 0.717) is 21.7 Å². The van der Waals surface area contributed by atoms with Gasteiger partial charge in [-0.15, -0.1) is 0 Å². The average molecular weight is 283 g/mol. The van der Waals surface area contributed by atoms with Gasteiger partial charge in [0.2, 0.25) is 6.33 Å². The summed E-state index contributed by atoms with van der Waals surface area (Å²) in [7, 11) is 0. The van der Waals surface area contributed by atoms with Crippen molar-refractivity contribution in [2.75, 3.05) is 0 Å². The van der Waals surface area contributed by atoms with Crippen molar-refractivity contribution >= 4 is 0 Å². The van der Waals surface area contributed by atoms with Crippen LogP contribution in [0.15, 0.2) is 18.7 Å². The molecule has 10 heteroatoms. The van der Waals surface area contributed by atoms with Gasteiger partial charge >= 0.3 is 18.3 Å². The number of halogens is 8. The summed E-state index contributed by atoms with van der Waals surface area (Å²) in [4.78, 5) is 0. The van der Waals surface area contributed by atoms with E-state index >= 15 is 0 Å². The van der Waals surface area contributed by atoms with Crippen LogP contribution in [0, 0.1) is 0 Å². The first-order valence-electron chi connectivity index (χ1n) is 4.47. The third kappa shape index (κ3) is 3.84. The Morgan fingerprint density at radius 3 is 1.94 bits per heavy atom. The Labute approximate surface area is 95.4 Å². The fourth-order valence-electron chi connectivity index (χ4n) is 1.15. The van der Waals surface area contributed by atoms with E-state index < -0.39 is 31.4 Å². The fourth-order valence-corrected chi connectivity index (χ4v) is 1.15. The molecule has 0 bridgehead atoms. The second kappa shape index (κ2) is 4.39. The highest BCUT2D eigenvalue weighted by atomic mass is 19.4. The molecule has 104 valence electrons. The molecule has 0 radical (unpaired) electrons. The van der Waals surface area contributed by atoms with Gasteiger partial charge in [0.15, 0.2) is 13.1 Å². The van der Waals surface area contributed by atoms with Crippen molar-refractivity contribution in [1.29, 1.82) is 0 Å². The van der Waals surface area contributed by atoms with Crippen LogP contribution in [0.5, 0.6) is 0 Å². The summed E-state index contributed by atoms with van der Waals surface area (Å²) >= 11 is 0. The standard InChI is InChI=1S/C8H7F8N2/c9-6(10,8(14,15)16)3-17-1-2-18(5-17)4-7(11,12)13/h1-2,5H,3-4H2/q+1. The van der Waals surface area contributed by atoms with Crippen LogP contribution < -0.4 is 4.57 Å². The maximum absolute atomic E-state index is 12.6. The van der Waals surface area contributed by atoms with Gasteiger partial charge in [0.25, 0.3) is 0 Å². The van der Waals surface area contributed by atoms with Crippen LogP contribution in [0.25, 0.3) is 0 Å². The van der Waals surface area contributed by atoms with E-state index in [4.69, 9.17) is 0 Å². The van der Waals surface area contributed by atoms with Crippen molar-refractivity contribution in [2.45, 2.75) is 31.4 Å². The highest BCUT2D eigenvalue weighted by Crippen LogP contribution is 2.35. The topological polar surface area (TPSA) is 8.81 Å². The third-order valence-corrected chi connectivity index (χ3v) is 1.90. The van der Waals surface area contributed by atoms with E-state index in [9.17, 15) is 35.1 Å². The number of alkyl halides is 8. The zero-order valence-corrected chi connectivity index (χ0v) is 8.56. The number of aromatic nitrogens is 2. The van der Waals surface area contributed by atoms with Gasteiger partial charge in [-0.1, -0.05) is 0 Å². The molecule has 1 aromatic heterocycles. The number of hydrogen-bond acceptors (Lipinski definition) is 0. The molecular formula is C8H7F8N2+. The van der Waals surface area contributed by atoms with E-state index in [0.717, 1.165) is 6.20 Å². The molecule has 1 heterocycles. The quantitative estimate of drug-likeness (QED) is 0.595. The maximum atomic E-state index is 12.6. The molecule has 2 nitrogen and oxygen atoms in total. The Bertz CT molecular complexity index is 402. The third-order valence-electron chi connectivity index (χ3n) is 1.90. The maximum Gasteiger partial charge on any atom is 0.457 e. The van der Waals surface area contributed by atoms with Crippen LogP contribution in [0.4, 0.5) is 35.1 Å². The number of hydrogen-bond donors (Lipinski definition) is 0. The molecule has 1 rings (SSSR count). The Morgan fingerprint density at radius 1 is 0.944 bits per heavy atom. The van der Waals surface area contributed by atoms with Gasteiger partial charge in [0.05, 0.1) is 0 Å². The predicted octanol–water partition coefficient (Wildman–Crippen LogP) is 2.54. The second-order valence-corrected chi connectivity index (χ2v) is 3.58. The first-order chi connectivity index (χ1) is 7.91. The van der Waals surface area contributed by atoms with Crippen LogP contribution in [0.1, 0.15) is 0 Å². The summed E-state index contributed by atoms with van der Waals surface area (Å²) in [5.74, 6) is -5.00. The van der Waals surface area contributed by atoms with E-state index in [1.807, 2.05) is 0 Å². The zero-order chi connectivity index (χ0) is 14.2. The number of nitrogens with zero attached hydrogens (tertiary/aromatic N) is 2. The Hall–Kier alpha value is -1.35. The lowest BCUT2D eigenvalue weighted by atomic mass is 10.3. The highest BCUT2D eigenvalue weighted by Gasteiger charge is 2.59. The largest absolute Gasteiger partial charge is 0.457 e. The van der Waals surface area contributed by atoms with Crippen molar-refractivity contribution in [1.82, 2.24) is 4.57 Å². The monoisotopic (exact) mass is 283 g/mol. The summed E-state index contributed by atoms with van der Waals surface area (Å²) in [6.07, 6.45) is -8.31. The lowest BCUT2D eigenvalue weighted by Gasteiger charge is -2.17. The van der Waals surface area contributed by atoms with E-state index in [1.165, 1.54) is 0 Å². The number of imidazole rings is 1. The molecule has 0 saturated heterocycles. The molecule has 18 heavy (non-hydrogen) atoms. The smallest absolute Gasteiger partial charge is 0.230 e. The van der Waals surface area contributed by atoms with E-state index in [2.05, 4.69) is 0 Å². The van der Waals surface area contributed by atoms with Crippen LogP contribution in [-0.2, 0) is 13.1 Å². The molecule has 0 aliphatic carbocycles. The molecule has 0 unspecified atom stereocenters. The van der Waals surface area contributed by atoms with Crippen molar-refractivity contribution < 1.29 is 39.7 Å². The first-order valence-corrected chi connectivity index (χ1v) is 4.47. The van der Waals surface area contributed by atoms with Crippen molar-refractivity contribution in [3.05, 3.63) is 18.7 Å². The molecule has 0 N–H and O–H groups in total. The second-order valence-electron chi connectivity index (χ2n) is 3.58. The molecule has 0 fully saturated rings. The molecule has 0 aromatic carbocycles. The van der Waals surface area contributed by atoms with Gasteiger partial charge in [-0.05, 0) is 0 Å². The minimum Gasteiger partial charge on any atom is -0.230 e. The molecule has 0 atom stereocenters. The minimum absolute atomic E-state index is 0.346. The summed E-state index contributed by atoms with van der Waals surface area (Å²) in [6, 6.07) is 0. The molecule has 0 spiro atoms. The van der Waals surface area contributed by atoms with Crippen LogP contribution >= 0.6 is 0 Å². The Morgan fingerprint density at radius 2 is 1.50 bits per heavy atom. The summed E-state index contributed by atoms with van der Waals surface area (Å²) < 4.78 is 97.3. The molecule has 1 aromatic rings. The molecule has 0 saturated carbocycles. The Balaban J connectivity index is 2.76. The normalized spacial score (nSPS) is 14.0. The van der Waals surface area contributed by atoms with Crippen molar-refractivity contribution in [3.8, 4) is 0 Å². The van der Waals surface area contributed by atoms with Gasteiger partial charge < -0.3 is 0 Å². The van der Waals surface area contributed by atoms with Crippen LogP contribution in [0.3, 0.4) is 0 Å². The van der Waals surface area contributed by atoms with Crippen LogP contribution in [-0.4, -0.2) is 22.8 Å². The number of rotatable bonds is 3. The fraction of sp³-hybridized carbons (Fsp3) is 0.625. The van der Waals surface area contributed by atoms with Crippen LogP contribution in [0.2, 0.25) is 0 Å². The van der Waals surface area contributed by atoms with E-state index in [1.54, 1.807) is 0 Å². The van der Waals surface area contributed by atoms with E-state index in [-0.39, 0.29) is 0 Å². The Kier molecular flexibility index (Phi) is 3.59. The van der Waals surface area contributed by atoms with Crippen molar-refractivity contribution in [2.24, 2.45) is 0 Å². The molecule has 0 aliphatic rings. The minimum atomic E-state index is -5.74. The highest BCUT2D eigenvalue weighted by molar-refractivity contribution is 4.73. The molecule has 0 aliphatic heterocycles. The lowest BCUT2D eigenvalue weighted by Crippen LogP contribution is -2.50. The molecular weight excluding hydrogens is 276 g/mol. The van der Waals surface area contributed by atoms with Gasteiger partial charge in [0, 0.05) is 0 Å². The van der Waals surface area contributed by atoms with Gasteiger partial charge in [-0.25, -0.2) is 9.13 Å². The van der Waals surface area contributed by atoms with Gasteiger partial charge in [0.1, 0.15) is 12.4 Å². The summed E-state index contributed by atoms with van der Waals surface area (Å²) in [5, 5.41) is 0. The summed E-state index contributed by atoms with van der Waals surface area (Å²) in [5.41, 5.74) is 0. The predicted molar refractivity (Wildman–Crippen MR) is 41.7 cm³/mol.